The van der Waals surface area contributed by atoms with Crippen LogP contribution in [0.5, 0.6) is 5.75 Å². The lowest BCUT2D eigenvalue weighted by Crippen LogP contribution is -2.13. The Balaban J connectivity index is 1.52. The van der Waals surface area contributed by atoms with Crippen molar-refractivity contribution in [1.82, 2.24) is 0 Å². The molecule has 35 heavy (non-hydrogen) atoms. The van der Waals surface area contributed by atoms with Gasteiger partial charge in [-0.25, -0.2) is 0 Å². The maximum Gasteiger partial charge on any atom is 0.266 e. The van der Waals surface area contributed by atoms with Crippen molar-refractivity contribution < 1.29 is 9.53 Å². The summed E-state index contributed by atoms with van der Waals surface area (Å²) >= 11 is 0. The highest BCUT2D eigenvalue weighted by Gasteiger charge is 2.14. The standard InChI is InChI=1S/C31H22N2O2/c32-20-25(31(34)33-26-13-2-1-3-14-26)19-29-28-16-7-5-10-23(28)17-18-30(29)35-21-24-12-8-11-22-9-4-6-15-27(22)24/h1-19H,21H2,(H,33,34)/b25-19+. The van der Waals surface area contributed by atoms with Crippen LogP contribution in [-0.2, 0) is 11.4 Å². The molecule has 5 aromatic rings. The zero-order chi connectivity index (χ0) is 24.0. The normalized spacial score (nSPS) is 11.2. The average molecular weight is 455 g/mol. The van der Waals surface area contributed by atoms with E-state index < -0.39 is 5.91 Å². The van der Waals surface area contributed by atoms with Crippen molar-refractivity contribution in [2.45, 2.75) is 6.61 Å². The van der Waals surface area contributed by atoms with Crippen LogP contribution in [0.4, 0.5) is 5.69 Å². The van der Waals surface area contributed by atoms with Gasteiger partial charge >= 0.3 is 0 Å². The molecule has 0 spiro atoms. The third kappa shape index (κ3) is 4.75. The van der Waals surface area contributed by atoms with Crippen LogP contribution in [-0.4, -0.2) is 5.91 Å². The number of nitrogens with one attached hydrogen (secondary N) is 1. The van der Waals surface area contributed by atoms with E-state index in [1.165, 1.54) is 0 Å². The van der Waals surface area contributed by atoms with E-state index in [4.69, 9.17) is 4.74 Å². The number of carbonyl (C=O) groups is 1. The number of nitrogens with zero attached hydrogens (tertiary/aromatic N) is 1. The number of benzene rings is 5. The number of anilines is 1. The third-order valence-electron chi connectivity index (χ3n) is 5.88. The largest absolute Gasteiger partial charge is 0.488 e. The SMILES string of the molecule is N#C/C(=C\c1c(OCc2cccc3ccccc23)ccc2ccccc12)C(=O)Nc1ccccc1. The number of amides is 1. The monoisotopic (exact) mass is 454 g/mol. The number of hydrogen-bond donors (Lipinski definition) is 1. The van der Waals surface area contributed by atoms with Gasteiger partial charge in [-0.05, 0) is 51.4 Å². The molecule has 4 nitrogen and oxygen atoms in total. The summed E-state index contributed by atoms with van der Waals surface area (Å²) < 4.78 is 6.30. The molecule has 0 fully saturated rings. The first-order valence-electron chi connectivity index (χ1n) is 11.3. The predicted molar refractivity (Wildman–Crippen MR) is 141 cm³/mol. The molecule has 4 heteroatoms. The summed E-state index contributed by atoms with van der Waals surface area (Å²) in [5.41, 5.74) is 2.39. The van der Waals surface area contributed by atoms with E-state index in [9.17, 15) is 10.1 Å². The van der Waals surface area contributed by atoms with Crippen LogP contribution in [0.25, 0.3) is 27.6 Å². The Bertz CT molecular complexity index is 1590. The molecule has 0 aliphatic rings. The molecule has 0 bridgehead atoms. The lowest BCUT2D eigenvalue weighted by atomic mass is 10.0. The zero-order valence-corrected chi connectivity index (χ0v) is 18.9. The summed E-state index contributed by atoms with van der Waals surface area (Å²) in [4.78, 5) is 12.9. The summed E-state index contributed by atoms with van der Waals surface area (Å²) in [6.45, 7) is 0.360. The number of fused-ring (bicyclic) bond motifs is 2. The molecule has 0 saturated heterocycles. The summed E-state index contributed by atoms with van der Waals surface area (Å²) in [6.07, 6.45) is 1.61. The molecule has 0 heterocycles. The van der Waals surface area contributed by atoms with E-state index in [1.807, 2.05) is 78.9 Å². The van der Waals surface area contributed by atoms with Crippen molar-refractivity contribution in [3.05, 3.63) is 126 Å². The third-order valence-corrected chi connectivity index (χ3v) is 5.88. The molecule has 5 aromatic carbocycles. The van der Waals surface area contributed by atoms with Crippen molar-refractivity contribution in [1.29, 1.82) is 5.26 Å². The van der Waals surface area contributed by atoms with Gasteiger partial charge in [-0.1, -0.05) is 91.0 Å². The Labute approximate surface area is 203 Å². The molecule has 0 aromatic heterocycles. The van der Waals surface area contributed by atoms with Crippen LogP contribution in [0.2, 0.25) is 0 Å². The minimum Gasteiger partial charge on any atom is -0.488 e. The highest BCUT2D eigenvalue weighted by Crippen LogP contribution is 2.32. The van der Waals surface area contributed by atoms with Gasteiger partial charge < -0.3 is 10.1 Å². The fraction of sp³-hybridized carbons (Fsp3) is 0.0323. The molecule has 168 valence electrons. The topological polar surface area (TPSA) is 62.1 Å². The van der Waals surface area contributed by atoms with Crippen LogP contribution in [0.1, 0.15) is 11.1 Å². The molecule has 1 N–H and O–H groups in total. The van der Waals surface area contributed by atoms with E-state index in [0.29, 0.717) is 23.6 Å². The van der Waals surface area contributed by atoms with E-state index in [2.05, 4.69) is 29.6 Å². The van der Waals surface area contributed by atoms with E-state index in [-0.39, 0.29) is 5.57 Å². The molecule has 0 saturated carbocycles. The summed E-state index contributed by atoms with van der Waals surface area (Å²) in [5, 5.41) is 16.8. The second-order valence-corrected chi connectivity index (χ2v) is 8.12. The van der Waals surface area contributed by atoms with Gasteiger partial charge in [0.25, 0.3) is 5.91 Å². The van der Waals surface area contributed by atoms with Crippen molar-refractivity contribution in [3.63, 3.8) is 0 Å². The fourth-order valence-electron chi connectivity index (χ4n) is 4.14. The van der Waals surface area contributed by atoms with Crippen molar-refractivity contribution in [2.75, 3.05) is 5.32 Å². The smallest absolute Gasteiger partial charge is 0.266 e. The van der Waals surface area contributed by atoms with Crippen LogP contribution in [0.15, 0.2) is 115 Å². The quantitative estimate of drug-likeness (QED) is 0.219. The average Bonchev–Trinajstić information content (AvgIpc) is 2.91. The Morgan fingerprint density at radius 3 is 2.20 bits per heavy atom. The molecule has 5 rings (SSSR count). The van der Waals surface area contributed by atoms with Crippen molar-refractivity contribution >= 4 is 39.2 Å². The number of rotatable bonds is 6. The van der Waals surface area contributed by atoms with Crippen LogP contribution in [0.3, 0.4) is 0 Å². The van der Waals surface area contributed by atoms with Gasteiger partial charge in [-0.3, -0.25) is 4.79 Å². The first-order chi connectivity index (χ1) is 17.2. The van der Waals surface area contributed by atoms with Crippen LogP contribution >= 0.6 is 0 Å². The summed E-state index contributed by atoms with van der Waals surface area (Å²) in [6, 6.07) is 37.2. The van der Waals surface area contributed by atoms with Crippen molar-refractivity contribution in [2.24, 2.45) is 0 Å². The minimum absolute atomic E-state index is 0.000201. The van der Waals surface area contributed by atoms with Crippen LogP contribution < -0.4 is 10.1 Å². The van der Waals surface area contributed by atoms with Gasteiger partial charge in [-0.2, -0.15) is 5.26 Å². The highest BCUT2D eigenvalue weighted by molar-refractivity contribution is 6.11. The summed E-state index contributed by atoms with van der Waals surface area (Å²) in [7, 11) is 0. The van der Waals surface area contributed by atoms with Crippen molar-refractivity contribution in [3.8, 4) is 11.8 Å². The van der Waals surface area contributed by atoms with Gasteiger partial charge in [0.15, 0.2) is 0 Å². The van der Waals surface area contributed by atoms with Crippen LogP contribution in [0, 0.1) is 11.3 Å². The first-order valence-corrected chi connectivity index (χ1v) is 11.3. The number of carbonyl (C=O) groups excluding carboxylic acids is 1. The molecule has 0 unspecified atom stereocenters. The molecule has 1 amide bonds. The molecule has 0 atom stereocenters. The van der Waals surface area contributed by atoms with Gasteiger partial charge in [0.2, 0.25) is 0 Å². The lowest BCUT2D eigenvalue weighted by Gasteiger charge is -2.14. The van der Waals surface area contributed by atoms with Gasteiger partial charge in [0.1, 0.15) is 24.0 Å². The highest BCUT2D eigenvalue weighted by atomic mass is 16.5. The molecule has 0 aliphatic carbocycles. The van der Waals surface area contributed by atoms with Gasteiger partial charge in [0.05, 0.1) is 0 Å². The number of ether oxygens (including phenoxy) is 1. The number of hydrogen-bond acceptors (Lipinski definition) is 3. The second kappa shape index (κ2) is 9.94. The molecular weight excluding hydrogens is 432 g/mol. The first kappa shape index (κ1) is 21.9. The lowest BCUT2D eigenvalue weighted by molar-refractivity contribution is -0.112. The Morgan fingerprint density at radius 2 is 1.43 bits per heavy atom. The number of nitriles is 1. The molecule has 0 aliphatic heterocycles. The maximum atomic E-state index is 12.9. The van der Waals surface area contributed by atoms with Gasteiger partial charge in [0, 0.05) is 11.3 Å². The summed E-state index contributed by atoms with van der Waals surface area (Å²) in [5.74, 6) is 0.142. The molecule has 0 radical (unpaired) electrons. The Morgan fingerprint density at radius 1 is 0.771 bits per heavy atom. The second-order valence-electron chi connectivity index (χ2n) is 8.12. The van der Waals surface area contributed by atoms with E-state index in [0.717, 1.165) is 27.1 Å². The van der Waals surface area contributed by atoms with E-state index in [1.54, 1.807) is 18.2 Å². The molecular formula is C31H22N2O2. The maximum absolute atomic E-state index is 12.9. The van der Waals surface area contributed by atoms with E-state index >= 15 is 0 Å². The number of para-hydroxylation sites is 1. The Hall–Kier alpha value is -4.88. The Kier molecular flexibility index (Phi) is 6.23. The van der Waals surface area contributed by atoms with Gasteiger partial charge in [-0.15, -0.1) is 0 Å². The minimum atomic E-state index is -0.466. The zero-order valence-electron chi connectivity index (χ0n) is 18.9. The predicted octanol–water partition coefficient (Wildman–Crippen LogP) is 7.12. The fourth-order valence-corrected chi connectivity index (χ4v) is 4.14.